The summed E-state index contributed by atoms with van der Waals surface area (Å²) in [6.07, 6.45) is 0.950. The molecule has 0 spiro atoms. The van der Waals surface area contributed by atoms with Crippen molar-refractivity contribution < 1.29 is 9.18 Å². The molecule has 0 aliphatic heterocycles. The number of carbonyl (C=O) groups excluding carboxylic acids is 1. The summed E-state index contributed by atoms with van der Waals surface area (Å²) in [6.45, 7) is 3.89. The predicted octanol–water partition coefficient (Wildman–Crippen LogP) is 2.74. The second kappa shape index (κ2) is 6.75. The molecular formula is C14H17FN2O. The van der Waals surface area contributed by atoms with Crippen LogP contribution >= 0.6 is 0 Å². The standard InChI is InChI=1S/C14H17FN2O/c1-3-10(2)17-14(18)8-12(9-16)11-4-6-13(15)7-5-11/h4-7,10,12H,3,8H2,1-2H3,(H,17,18). The Morgan fingerprint density at radius 3 is 2.56 bits per heavy atom. The molecule has 0 aromatic heterocycles. The lowest BCUT2D eigenvalue weighted by Crippen LogP contribution is -2.32. The van der Waals surface area contributed by atoms with Crippen LogP contribution in [0.4, 0.5) is 4.39 Å². The fourth-order valence-corrected chi connectivity index (χ4v) is 1.55. The molecule has 1 aromatic rings. The smallest absolute Gasteiger partial charge is 0.221 e. The van der Waals surface area contributed by atoms with Crippen LogP contribution in [0.5, 0.6) is 0 Å². The summed E-state index contributed by atoms with van der Waals surface area (Å²) < 4.78 is 12.8. The van der Waals surface area contributed by atoms with E-state index in [0.29, 0.717) is 5.56 Å². The van der Waals surface area contributed by atoms with Gasteiger partial charge in [0.25, 0.3) is 0 Å². The fourth-order valence-electron chi connectivity index (χ4n) is 1.55. The number of nitrogens with zero attached hydrogens (tertiary/aromatic N) is 1. The first kappa shape index (κ1) is 14.2. The van der Waals surface area contributed by atoms with E-state index in [4.69, 9.17) is 5.26 Å². The number of benzene rings is 1. The molecule has 0 aliphatic rings. The first-order valence-electron chi connectivity index (χ1n) is 6.01. The Kier molecular flexibility index (Phi) is 5.31. The molecule has 2 unspecified atom stereocenters. The number of amides is 1. The van der Waals surface area contributed by atoms with Gasteiger partial charge in [-0.25, -0.2) is 4.39 Å². The zero-order valence-corrected chi connectivity index (χ0v) is 10.6. The topological polar surface area (TPSA) is 52.9 Å². The van der Waals surface area contributed by atoms with Gasteiger partial charge in [0.2, 0.25) is 5.91 Å². The van der Waals surface area contributed by atoms with Gasteiger partial charge < -0.3 is 5.32 Å². The molecule has 4 heteroatoms. The molecule has 18 heavy (non-hydrogen) atoms. The lowest BCUT2D eigenvalue weighted by Gasteiger charge is -2.13. The third-order valence-corrected chi connectivity index (χ3v) is 2.84. The maximum atomic E-state index is 12.8. The number of halogens is 1. The van der Waals surface area contributed by atoms with Crippen LogP contribution in [0.15, 0.2) is 24.3 Å². The van der Waals surface area contributed by atoms with Crippen LogP contribution in [0.3, 0.4) is 0 Å². The van der Waals surface area contributed by atoms with Crippen molar-refractivity contribution >= 4 is 5.91 Å². The quantitative estimate of drug-likeness (QED) is 0.871. The van der Waals surface area contributed by atoms with Gasteiger partial charge >= 0.3 is 0 Å². The monoisotopic (exact) mass is 248 g/mol. The first-order valence-corrected chi connectivity index (χ1v) is 6.01. The van der Waals surface area contributed by atoms with E-state index in [1.54, 1.807) is 12.1 Å². The van der Waals surface area contributed by atoms with Crippen molar-refractivity contribution in [1.82, 2.24) is 5.32 Å². The van der Waals surface area contributed by atoms with E-state index in [2.05, 4.69) is 11.4 Å². The lowest BCUT2D eigenvalue weighted by molar-refractivity contribution is -0.121. The van der Waals surface area contributed by atoms with Gasteiger partial charge in [-0.05, 0) is 31.0 Å². The van der Waals surface area contributed by atoms with Crippen molar-refractivity contribution in [2.45, 2.75) is 38.6 Å². The van der Waals surface area contributed by atoms with Crippen molar-refractivity contribution in [2.24, 2.45) is 0 Å². The fraction of sp³-hybridized carbons (Fsp3) is 0.429. The SMILES string of the molecule is CCC(C)NC(=O)CC(C#N)c1ccc(F)cc1. The van der Waals surface area contributed by atoms with Gasteiger partial charge in [0, 0.05) is 12.5 Å². The molecule has 0 saturated carbocycles. The molecule has 0 radical (unpaired) electrons. The van der Waals surface area contributed by atoms with E-state index >= 15 is 0 Å². The second-order valence-corrected chi connectivity index (χ2v) is 4.31. The molecule has 1 amide bonds. The van der Waals surface area contributed by atoms with Crippen molar-refractivity contribution in [1.29, 1.82) is 5.26 Å². The van der Waals surface area contributed by atoms with Gasteiger partial charge in [-0.15, -0.1) is 0 Å². The molecule has 0 saturated heterocycles. The number of nitrogens with one attached hydrogen (secondary N) is 1. The summed E-state index contributed by atoms with van der Waals surface area (Å²) >= 11 is 0. The Morgan fingerprint density at radius 2 is 2.06 bits per heavy atom. The highest BCUT2D eigenvalue weighted by atomic mass is 19.1. The lowest BCUT2D eigenvalue weighted by atomic mass is 9.97. The molecule has 0 aliphatic carbocycles. The van der Waals surface area contributed by atoms with Crippen molar-refractivity contribution in [3.63, 3.8) is 0 Å². The number of carbonyl (C=O) groups is 1. The molecule has 2 atom stereocenters. The Labute approximate surface area is 107 Å². The van der Waals surface area contributed by atoms with Gasteiger partial charge in [-0.3, -0.25) is 4.79 Å². The highest BCUT2D eigenvalue weighted by molar-refractivity contribution is 5.77. The molecule has 1 aromatic carbocycles. The van der Waals surface area contributed by atoms with E-state index in [9.17, 15) is 9.18 Å². The van der Waals surface area contributed by atoms with E-state index in [1.165, 1.54) is 12.1 Å². The zero-order chi connectivity index (χ0) is 13.5. The number of rotatable bonds is 5. The highest BCUT2D eigenvalue weighted by Gasteiger charge is 2.16. The van der Waals surface area contributed by atoms with E-state index < -0.39 is 5.92 Å². The van der Waals surface area contributed by atoms with Crippen molar-refractivity contribution in [3.8, 4) is 6.07 Å². The summed E-state index contributed by atoms with van der Waals surface area (Å²) in [4.78, 5) is 11.7. The summed E-state index contributed by atoms with van der Waals surface area (Å²) in [5.41, 5.74) is 0.665. The van der Waals surface area contributed by atoms with E-state index in [0.717, 1.165) is 6.42 Å². The molecule has 3 nitrogen and oxygen atoms in total. The Bertz CT molecular complexity index is 436. The molecule has 0 fully saturated rings. The second-order valence-electron chi connectivity index (χ2n) is 4.31. The number of nitriles is 1. The third kappa shape index (κ3) is 4.17. The molecule has 96 valence electrons. The predicted molar refractivity (Wildman–Crippen MR) is 67.3 cm³/mol. The van der Waals surface area contributed by atoms with Crippen molar-refractivity contribution in [2.75, 3.05) is 0 Å². The minimum atomic E-state index is -0.533. The zero-order valence-electron chi connectivity index (χ0n) is 10.6. The highest BCUT2D eigenvalue weighted by Crippen LogP contribution is 2.19. The van der Waals surface area contributed by atoms with Gasteiger partial charge in [0.05, 0.1) is 12.0 Å². The van der Waals surface area contributed by atoms with Crippen LogP contribution in [0.2, 0.25) is 0 Å². The van der Waals surface area contributed by atoms with Crippen LogP contribution in [0.1, 0.15) is 38.2 Å². The average Bonchev–Trinajstić information content (AvgIpc) is 2.37. The normalized spacial score (nSPS) is 13.4. The molecule has 0 heterocycles. The van der Waals surface area contributed by atoms with Gasteiger partial charge in [-0.1, -0.05) is 19.1 Å². The number of hydrogen-bond acceptors (Lipinski definition) is 2. The molecule has 0 bridgehead atoms. The minimum Gasteiger partial charge on any atom is -0.354 e. The van der Waals surface area contributed by atoms with Gasteiger partial charge in [0.1, 0.15) is 5.82 Å². The first-order chi connectivity index (χ1) is 8.56. The van der Waals surface area contributed by atoms with Crippen molar-refractivity contribution in [3.05, 3.63) is 35.6 Å². The largest absolute Gasteiger partial charge is 0.354 e. The average molecular weight is 248 g/mol. The maximum Gasteiger partial charge on any atom is 0.221 e. The minimum absolute atomic E-state index is 0.102. The third-order valence-electron chi connectivity index (χ3n) is 2.84. The van der Waals surface area contributed by atoms with Crippen LogP contribution in [-0.2, 0) is 4.79 Å². The maximum absolute atomic E-state index is 12.8. The number of hydrogen-bond donors (Lipinski definition) is 1. The Morgan fingerprint density at radius 1 is 1.44 bits per heavy atom. The van der Waals surface area contributed by atoms with E-state index in [1.807, 2.05) is 13.8 Å². The van der Waals surface area contributed by atoms with Crippen LogP contribution in [-0.4, -0.2) is 11.9 Å². The Hall–Kier alpha value is -1.89. The van der Waals surface area contributed by atoms with Gasteiger partial charge in [0.15, 0.2) is 0 Å². The summed E-state index contributed by atoms with van der Waals surface area (Å²) in [7, 11) is 0. The Balaban J connectivity index is 2.65. The van der Waals surface area contributed by atoms with Crippen LogP contribution in [0, 0.1) is 17.1 Å². The van der Waals surface area contributed by atoms with Crippen LogP contribution in [0.25, 0.3) is 0 Å². The van der Waals surface area contributed by atoms with Gasteiger partial charge in [-0.2, -0.15) is 5.26 Å². The molecule has 1 N–H and O–H groups in total. The summed E-state index contributed by atoms with van der Waals surface area (Å²) in [5, 5.41) is 11.9. The summed E-state index contributed by atoms with van der Waals surface area (Å²) in [5.74, 6) is -1.03. The molecular weight excluding hydrogens is 231 g/mol. The summed E-state index contributed by atoms with van der Waals surface area (Å²) in [6, 6.07) is 7.86. The van der Waals surface area contributed by atoms with E-state index in [-0.39, 0.29) is 24.2 Å². The molecule has 1 rings (SSSR count). The van der Waals surface area contributed by atoms with Crippen LogP contribution < -0.4 is 5.32 Å².